The van der Waals surface area contributed by atoms with E-state index >= 15 is 0 Å². The molecule has 1 aliphatic carbocycles. The summed E-state index contributed by atoms with van der Waals surface area (Å²) < 4.78 is 1.15. The lowest BCUT2D eigenvalue weighted by molar-refractivity contribution is -0.309. The van der Waals surface area contributed by atoms with E-state index in [0.29, 0.717) is 5.39 Å². The first-order valence-electron chi connectivity index (χ1n) is 6.32. The van der Waals surface area contributed by atoms with Gasteiger partial charge in [-0.05, 0) is 38.2 Å². The van der Waals surface area contributed by atoms with Crippen molar-refractivity contribution < 1.29 is 9.90 Å². The van der Waals surface area contributed by atoms with Crippen molar-refractivity contribution in [2.75, 3.05) is 0 Å². The van der Waals surface area contributed by atoms with E-state index in [-0.39, 0.29) is 5.56 Å². The van der Waals surface area contributed by atoms with E-state index in [9.17, 15) is 14.7 Å². The number of carboxylic acids is 1. The second-order valence-corrected chi connectivity index (χ2v) is 5.93. The first kappa shape index (κ1) is 12.3. The molecule has 5 nitrogen and oxygen atoms in total. The van der Waals surface area contributed by atoms with Gasteiger partial charge in [0.25, 0.3) is 5.56 Å². The van der Waals surface area contributed by atoms with Gasteiger partial charge in [0.1, 0.15) is 4.83 Å². The molecule has 19 heavy (non-hydrogen) atoms. The van der Waals surface area contributed by atoms with E-state index in [1.54, 1.807) is 11.3 Å². The van der Waals surface area contributed by atoms with Crippen LogP contribution in [0.1, 0.15) is 36.2 Å². The van der Waals surface area contributed by atoms with Crippen LogP contribution in [0.3, 0.4) is 0 Å². The summed E-state index contributed by atoms with van der Waals surface area (Å²) in [6.45, 7) is 1.43. The minimum atomic E-state index is -1.27. The fourth-order valence-corrected chi connectivity index (χ4v) is 3.77. The van der Waals surface area contributed by atoms with Gasteiger partial charge in [0, 0.05) is 4.88 Å². The Morgan fingerprint density at radius 2 is 2.21 bits per heavy atom. The van der Waals surface area contributed by atoms with Gasteiger partial charge in [-0.25, -0.2) is 4.98 Å². The zero-order valence-electron chi connectivity index (χ0n) is 10.5. The van der Waals surface area contributed by atoms with Gasteiger partial charge in [-0.3, -0.25) is 9.36 Å². The van der Waals surface area contributed by atoms with Crippen molar-refractivity contribution in [1.29, 1.82) is 0 Å². The predicted molar refractivity (Wildman–Crippen MR) is 70.2 cm³/mol. The monoisotopic (exact) mass is 277 g/mol. The normalized spacial score (nSPS) is 16.3. The molecule has 2 aromatic heterocycles. The van der Waals surface area contributed by atoms with Crippen LogP contribution in [-0.4, -0.2) is 15.5 Å². The van der Waals surface area contributed by atoms with Crippen LogP contribution in [0.15, 0.2) is 11.1 Å². The van der Waals surface area contributed by atoms with Crippen molar-refractivity contribution in [1.82, 2.24) is 9.55 Å². The molecule has 0 aromatic carbocycles. The van der Waals surface area contributed by atoms with Crippen LogP contribution in [-0.2, 0) is 17.6 Å². The molecule has 0 radical (unpaired) electrons. The number of hydrogen-bond donors (Lipinski definition) is 0. The highest BCUT2D eigenvalue weighted by Crippen LogP contribution is 2.33. The van der Waals surface area contributed by atoms with Gasteiger partial charge in [0.15, 0.2) is 0 Å². The van der Waals surface area contributed by atoms with Crippen LogP contribution in [0, 0.1) is 0 Å². The molecule has 0 fully saturated rings. The van der Waals surface area contributed by atoms with Gasteiger partial charge in [0.05, 0.1) is 23.7 Å². The van der Waals surface area contributed by atoms with Crippen molar-refractivity contribution in [2.45, 2.75) is 38.6 Å². The number of thiophene rings is 1. The van der Waals surface area contributed by atoms with E-state index in [1.807, 2.05) is 0 Å². The zero-order chi connectivity index (χ0) is 13.6. The highest BCUT2D eigenvalue weighted by molar-refractivity contribution is 7.18. The summed E-state index contributed by atoms with van der Waals surface area (Å²) in [6.07, 6.45) is 5.40. The summed E-state index contributed by atoms with van der Waals surface area (Å²) in [5, 5.41) is 11.5. The molecular weight excluding hydrogens is 264 g/mol. The number of nitrogens with zero attached hydrogens (tertiary/aromatic N) is 2. The highest BCUT2D eigenvalue weighted by atomic mass is 32.1. The Morgan fingerprint density at radius 3 is 2.95 bits per heavy atom. The molecule has 0 saturated heterocycles. The third-order valence-corrected chi connectivity index (χ3v) is 4.86. The van der Waals surface area contributed by atoms with Crippen LogP contribution in [0.5, 0.6) is 0 Å². The van der Waals surface area contributed by atoms with Crippen molar-refractivity contribution in [3.05, 3.63) is 27.1 Å². The van der Waals surface area contributed by atoms with Crippen LogP contribution < -0.4 is 10.7 Å². The largest absolute Gasteiger partial charge is 0.548 e. The molecular formula is C13H13N2O3S-. The number of aliphatic carboxylic acids is 1. The van der Waals surface area contributed by atoms with E-state index in [0.717, 1.165) is 40.6 Å². The molecule has 0 amide bonds. The molecule has 2 aromatic rings. The number of hydrogen-bond acceptors (Lipinski definition) is 5. The number of carbonyl (C=O) groups is 1. The maximum absolute atomic E-state index is 12.4. The Hall–Kier alpha value is -1.69. The summed E-state index contributed by atoms with van der Waals surface area (Å²) >= 11 is 1.56. The molecule has 100 valence electrons. The second kappa shape index (κ2) is 4.45. The van der Waals surface area contributed by atoms with Gasteiger partial charge < -0.3 is 9.90 Å². The predicted octanol–water partition coefficient (Wildman–Crippen LogP) is 0.648. The van der Waals surface area contributed by atoms with Gasteiger partial charge in [0.2, 0.25) is 0 Å². The molecule has 0 saturated carbocycles. The lowest BCUT2D eigenvalue weighted by atomic mass is 9.97. The quantitative estimate of drug-likeness (QED) is 0.807. The second-order valence-electron chi connectivity index (χ2n) is 4.84. The topological polar surface area (TPSA) is 75.0 Å². The number of rotatable bonds is 2. The SMILES string of the molecule is CC(C(=O)[O-])n1cnc2sc3c(c2c1=O)CCCC3. The summed E-state index contributed by atoms with van der Waals surface area (Å²) in [5.74, 6) is -1.27. The summed E-state index contributed by atoms with van der Waals surface area (Å²) in [5.41, 5.74) is 0.810. The van der Waals surface area contributed by atoms with Crippen LogP contribution in [0.25, 0.3) is 10.2 Å². The number of aryl methyl sites for hydroxylation is 2. The van der Waals surface area contributed by atoms with Gasteiger partial charge in [-0.15, -0.1) is 11.3 Å². The molecule has 0 aliphatic heterocycles. The maximum atomic E-state index is 12.4. The Bertz CT molecular complexity index is 716. The Balaban J connectivity index is 2.26. The lowest BCUT2D eigenvalue weighted by Crippen LogP contribution is -2.36. The zero-order valence-corrected chi connectivity index (χ0v) is 11.3. The lowest BCUT2D eigenvalue weighted by Gasteiger charge is -2.15. The molecule has 2 heterocycles. The fourth-order valence-electron chi connectivity index (χ4n) is 2.55. The van der Waals surface area contributed by atoms with E-state index < -0.39 is 12.0 Å². The van der Waals surface area contributed by atoms with Gasteiger partial charge in [-0.1, -0.05) is 0 Å². The average molecular weight is 277 g/mol. The third kappa shape index (κ3) is 1.87. The van der Waals surface area contributed by atoms with Crippen LogP contribution in [0.2, 0.25) is 0 Å². The minimum Gasteiger partial charge on any atom is -0.548 e. The van der Waals surface area contributed by atoms with E-state index in [4.69, 9.17) is 0 Å². The summed E-state index contributed by atoms with van der Waals surface area (Å²) in [4.78, 5) is 29.6. The van der Waals surface area contributed by atoms with E-state index in [2.05, 4.69) is 4.98 Å². The molecule has 1 atom stereocenters. The van der Waals surface area contributed by atoms with Crippen molar-refractivity contribution >= 4 is 27.5 Å². The first-order valence-corrected chi connectivity index (χ1v) is 7.13. The standard InChI is InChI=1S/C13H14N2O3S/c1-7(13(17)18)15-6-14-11-10(12(15)16)8-4-2-3-5-9(8)19-11/h6-7H,2-5H2,1H3,(H,17,18)/p-1. The highest BCUT2D eigenvalue weighted by Gasteiger charge is 2.21. The third-order valence-electron chi connectivity index (χ3n) is 3.66. The molecule has 3 rings (SSSR count). The molecule has 1 unspecified atom stereocenters. The number of carboxylic acid groups (broad SMARTS) is 1. The van der Waals surface area contributed by atoms with Gasteiger partial charge >= 0.3 is 0 Å². The van der Waals surface area contributed by atoms with Crippen molar-refractivity contribution in [3.8, 4) is 0 Å². The molecule has 6 heteroatoms. The first-order chi connectivity index (χ1) is 9.09. The fraction of sp³-hybridized carbons (Fsp3) is 0.462. The molecule has 0 bridgehead atoms. The Kier molecular flexibility index (Phi) is 2.89. The van der Waals surface area contributed by atoms with Crippen molar-refractivity contribution in [3.63, 3.8) is 0 Å². The molecule has 1 aliphatic rings. The van der Waals surface area contributed by atoms with E-state index in [1.165, 1.54) is 18.1 Å². The van der Waals surface area contributed by atoms with Crippen LogP contribution in [0.4, 0.5) is 0 Å². The maximum Gasteiger partial charge on any atom is 0.262 e. The molecule has 0 spiro atoms. The summed E-state index contributed by atoms with van der Waals surface area (Å²) in [7, 11) is 0. The number of fused-ring (bicyclic) bond motifs is 3. The summed E-state index contributed by atoms with van der Waals surface area (Å²) in [6, 6.07) is -0.997. The number of aromatic nitrogens is 2. The molecule has 0 N–H and O–H groups in total. The van der Waals surface area contributed by atoms with Crippen molar-refractivity contribution in [2.24, 2.45) is 0 Å². The van der Waals surface area contributed by atoms with Gasteiger partial charge in [-0.2, -0.15) is 0 Å². The minimum absolute atomic E-state index is 0.263. The Morgan fingerprint density at radius 1 is 1.47 bits per heavy atom. The average Bonchev–Trinajstić information content (AvgIpc) is 2.77. The smallest absolute Gasteiger partial charge is 0.262 e. The number of carbonyl (C=O) groups excluding carboxylic acids is 1. The van der Waals surface area contributed by atoms with Crippen LogP contribution >= 0.6 is 11.3 Å². The Labute approximate surface area is 113 Å².